The highest BCUT2D eigenvalue weighted by molar-refractivity contribution is 6.30. The Morgan fingerprint density at radius 2 is 1.83 bits per heavy atom. The van der Waals surface area contributed by atoms with Crippen LogP contribution in [0.5, 0.6) is 0 Å². The molecule has 1 atom stereocenters. The fraction of sp³-hybridized carbons (Fsp3) is 0.133. The van der Waals surface area contributed by atoms with Crippen LogP contribution in [0.4, 0.5) is 5.69 Å². The highest BCUT2D eigenvalue weighted by Crippen LogP contribution is 2.19. The van der Waals surface area contributed by atoms with Gasteiger partial charge in [0.05, 0.1) is 5.92 Å². The zero-order chi connectivity index (χ0) is 13.0. The van der Waals surface area contributed by atoms with Gasteiger partial charge in [0.1, 0.15) is 0 Å². The number of nitrogens with one attached hydrogen (secondary N) is 1. The van der Waals surface area contributed by atoms with Crippen LogP contribution < -0.4 is 5.32 Å². The van der Waals surface area contributed by atoms with Crippen molar-refractivity contribution in [1.82, 2.24) is 0 Å². The summed E-state index contributed by atoms with van der Waals surface area (Å²) in [5.74, 6) is -0.228. The van der Waals surface area contributed by atoms with Crippen molar-refractivity contribution >= 4 is 23.2 Å². The van der Waals surface area contributed by atoms with Crippen LogP contribution in [0.1, 0.15) is 18.4 Å². The molecule has 1 amide bonds. The van der Waals surface area contributed by atoms with Gasteiger partial charge in [0, 0.05) is 10.7 Å². The fourth-order valence-corrected chi connectivity index (χ4v) is 1.90. The third-order valence-corrected chi connectivity index (χ3v) is 3.02. The number of carbonyl (C=O) groups is 1. The summed E-state index contributed by atoms with van der Waals surface area (Å²) in [5, 5.41) is 3.47. The predicted octanol–water partition coefficient (Wildman–Crippen LogP) is 4.08. The molecule has 92 valence electrons. The quantitative estimate of drug-likeness (QED) is 0.884. The van der Waals surface area contributed by atoms with E-state index in [1.54, 1.807) is 12.1 Å². The molecule has 2 nitrogen and oxygen atoms in total. The number of rotatable bonds is 3. The molecule has 0 aromatic heterocycles. The summed E-state index contributed by atoms with van der Waals surface area (Å²) >= 11 is 5.87. The van der Waals surface area contributed by atoms with Crippen LogP contribution in [0.15, 0.2) is 54.6 Å². The summed E-state index contributed by atoms with van der Waals surface area (Å²) in [4.78, 5) is 12.1. The molecular formula is C15H14ClNO. The topological polar surface area (TPSA) is 29.1 Å². The van der Waals surface area contributed by atoms with E-state index in [2.05, 4.69) is 5.32 Å². The maximum atomic E-state index is 12.1. The molecule has 3 heteroatoms. The van der Waals surface area contributed by atoms with Crippen molar-refractivity contribution in [2.45, 2.75) is 12.8 Å². The van der Waals surface area contributed by atoms with E-state index in [0.717, 1.165) is 11.3 Å². The third kappa shape index (κ3) is 3.11. The Morgan fingerprint density at radius 1 is 1.11 bits per heavy atom. The molecule has 0 saturated heterocycles. The van der Waals surface area contributed by atoms with E-state index in [9.17, 15) is 4.79 Å². The Morgan fingerprint density at radius 3 is 2.50 bits per heavy atom. The second-order valence-corrected chi connectivity index (χ2v) is 4.57. The Bertz CT molecular complexity index is 539. The molecule has 0 bridgehead atoms. The van der Waals surface area contributed by atoms with Gasteiger partial charge in [0.15, 0.2) is 0 Å². The maximum absolute atomic E-state index is 12.1. The zero-order valence-electron chi connectivity index (χ0n) is 10.1. The summed E-state index contributed by atoms with van der Waals surface area (Å²) in [7, 11) is 0. The van der Waals surface area contributed by atoms with Gasteiger partial charge >= 0.3 is 0 Å². The van der Waals surface area contributed by atoms with Crippen LogP contribution in [0, 0.1) is 0 Å². The molecule has 0 radical (unpaired) electrons. The van der Waals surface area contributed by atoms with Crippen molar-refractivity contribution in [3.63, 3.8) is 0 Å². The van der Waals surface area contributed by atoms with E-state index in [1.165, 1.54) is 0 Å². The van der Waals surface area contributed by atoms with E-state index >= 15 is 0 Å². The highest BCUT2D eigenvalue weighted by Gasteiger charge is 2.14. The largest absolute Gasteiger partial charge is 0.326 e. The molecule has 2 aromatic carbocycles. The lowest BCUT2D eigenvalue weighted by Gasteiger charge is -2.12. The standard InChI is InChI=1S/C15H14ClNO/c1-11(12-6-3-2-4-7-12)15(18)17-14-9-5-8-13(16)10-14/h2-11H,1H3,(H,17,18). The summed E-state index contributed by atoms with van der Waals surface area (Å²) in [6.45, 7) is 1.88. The zero-order valence-corrected chi connectivity index (χ0v) is 10.8. The van der Waals surface area contributed by atoms with Crippen molar-refractivity contribution in [3.8, 4) is 0 Å². The molecular weight excluding hydrogens is 246 g/mol. The molecule has 2 rings (SSSR count). The molecule has 0 saturated carbocycles. The predicted molar refractivity (Wildman–Crippen MR) is 74.9 cm³/mol. The molecule has 0 aliphatic carbocycles. The Kier molecular flexibility index (Phi) is 4.00. The first kappa shape index (κ1) is 12.7. The van der Waals surface area contributed by atoms with Gasteiger partial charge in [-0.2, -0.15) is 0 Å². The van der Waals surface area contributed by atoms with E-state index in [4.69, 9.17) is 11.6 Å². The number of carbonyl (C=O) groups excluding carboxylic acids is 1. The molecule has 1 N–H and O–H groups in total. The lowest BCUT2D eigenvalue weighted by atomic mass is 10.0. The van der Waals surface area contributed by atoms with Crippen LogP contribution in [0.3, 0.4) is 0 Å². The van der Waals surface area contributed by atoms with Crippen molar-refractivity contribution in [2.75, 3.05) is 5.32 Å². The van der Waals surface area contributed by atoms with E-state index < -0.39 is 0 Å². The summed E-state index contributed by atoms with van der Waals surface area (Å²) < 4.78 is 0. The molecule has 18 heavy (non-hydrogen) atoms. The van der Waals surface area contributed by atoms with E-state index in [1.807, 2.05) is 49.4 Å². The van der Waals surface area contributed by atoms with Crippen molar-refractivity contribution in [1.29, 1.82) is 0 Å². The Hall–Kier alpha value is -1.80. The average molecular weight is 260 g/mol. The minimum atomic E-state index is -0.190. The Labute approximate surface area is 112 Å². The minimum Gasteiger partial charge on any atom is -0.326 e. The smallest absolute Gasteiger partial charge is 0.231 e. The van der Waals surface area contributed by atoms with Gasteiger partial charge in [-0.25, -0.2) is 0 Å². The van der Waals surface area contributed by atoms with Crippen molar-refractivity contribution < 1.29 is 4.79 Å². The van der Waals surface area contributed by atoms with Gasteiger partial charge in [-0.05, 0) is 30.7 Å². The van der Waals surface area contributed by atoms with Gasteiger partial charge in [0.25, 0.3) is 0 Å². The van der Waals surface area contributed by atoms with Crippen LogP contribution in [0.25, 0.3) is 0 Å². The second-order valence-electron chi connectivity index (χ2n) is 4.13. The van der Waals surface area contributed by atoms with Gasteiger partial charge < -0.3 is 5.32 Å². The summed E-state index contributed by atoms with van der Waals surface area (Å²) in [6.07, 6.45) is 0. The molecule has 0 fully saturated rings. The molecule has 0 spiro atoms. The molecule has 0 aliphatic rings. The first-order chi connectivity index (χ1) is 8.66. The van der Waals surface area contributed by atoms with Gasteiger partial charge in [-0.3, -0.25) is 4.79 Å². The first-order valence-corrected chi connectivity index (χ1v) is 6.16. The normalized spacial score (nSPS) is 11.9. The van der Waals surface area contributed by atoms with Crippen molar-refractivity contribution in [3.05, 3.63) is 65.2 Å². The van der Waals surface area contributed by atoms with Gasteiger partial charge in [0.2, 0.25) is 5.91 Å². The number of hydrogen-bond donors (Lipinski definition) is 1. The monoisotopic (exact) mass is 259 g/mol. The Balaban J connectivity index is 2.09. The van der Waals surface area contributed by atoms with Crippen molar-refractivity contribution in [2.24, 2.45) is 0 Å². The fourth-order valence-electron chi connectivity index (χ4n) is 1.71. The molecule has 0 heterocycles. The number of halogens is 1. The number of hydrogen-bond acceptors (Lipinski definition) is 1. The van der Waals surface area contributed by atoms with Gasteiger partial charge in [-0.15, -0.1) is 0 Å². The first-order valence-electron chi connectivity index (χ1n) is 5.78. The third-order valence-electron chi connectivity index (χ3n) is 2.79. The summed E-state index contributed by atoms with van der Waals surface area (Å²) in [5.41, 5.74) is 1.72. The minimum absolute atomic E-state index is 0.0385. The number of benzene rings is 2. The van der Waals surface area contributed by atoms with Crippen LogP contribution in [-0.4, -0.2) is 5.91 Å². The van der Waals surface area contributed by atoms with Gasteiger partial charge in [-0.1, -0.05) is 48.0 Å². The molecule has 1 unspecified atom stereocenters. The molecule has 2 aromatic rings. The van der Waals surface area contributed by atoms with Crippen LogP contribution >= 0.6 is 11.6 Å². The van der Waals surface area contributed by atoms with E-state index in [-0.39, 0.29) is 11.8 Å². The van der Waals surface area contributed by atoms with Crippen LogP contribution in [-0.2, 0) is 4.79 Å². The van der Waals surface area contributed by atoms with E-state index in [0.29, 0.717) is 5.02 Å². The lowest BCUT2D eigenvalue weighted by molar-refractivity contribution is -0.117. The molecule has 0 aliphatic heterocycles. The van der Waals surface area contributed by atoms with Crippen LogP contribution in [0.2, 0.25) is 5.02 Å². The highest BCUT2D eigenvalue weighted by atomic mass is 35.5. The summed E-state index contributed by atoms with van der Waals surface area (Å²) in [6, 6.07) is 16.8. The maximum Gasteiger partial charge on any atom is 0.231 e. The SMILES string of the molecule is CC(C(=O)Nc1cccc(Cl)c1)c1ccccc1. The second kappa shape index (κ2) is 5.69. The average Bonchev–Trinajstić information content (AvgIpc) is 2.39. The number of anilines is 1. The lowest BCUT2D eigenvalue weighted by Crippen LogP contribution is -2.18. The number of amides is 1.